The lowest BCUT2D eigenvalue weighted by atomic mass is 9.65. The van der Waals surface area contributed by atoms with Gasteiger partial charge in [-0.25, -0.2) is 0 Å². The van der Waals surface area contributed by atoms with E-state index in [9.17, 15) is 0 Å². The molecular formula is C12H22N2. The van der Waals surface area contributed by atoms with Crippen molar-refractivity contribution in [1.82, 2.24) is 10.6 Å². The van der Waals surface area contributed by atoms with Crippen LogP contribution in [0.2, 0.25) is 0 Å². The molecule has 14 heavy (non-hydrogen) atoms. The Morgan fingerprint density at radius 2 is 1.36 bits per heavy atom. The van der Waals surface area contributed by atoms with Crippen LogP contribution in [-0.2, 0) is 0 Å². The summed E-state index contributed by atoms with van der Waals surface area (Å²) < 4.78 is 0. The highest BCUT2D eigenvalue weighted by molar-refractivity contribution is 4.99. The SMILES string of the molecule is C1CC2(C1)CNC2.C1CC2(CC2)CN1. The van der Waals surface area contributed by atoms with Crippen molar-refractivity contribution >= 4 is 0 Å². The van der Waals surface area contributed by atoms with Crippen molar-refractivity contribution in [3.63, 3.8) is 0 Å². The van der Waals surface area contributed by atoms with E-state index >= 15 is 0 Å². The second-order valence-corrected chi connectivity index (χ2v) is 5.88. The minimum absolute atomic E-state index is 0.833. The van der Waals surface area contributed by atoms with Gasteiger partial charge < -0.3 is 10.6 Å². The van der Waals surface area contributed by atoms with Crippen molar-refractivity contribution in [1.29, 1.82) is 0 Å². The molecule has 2 heteroatoms. The molecule has 0 atom stereocenters. The van der Waals surface area contributed by atoms with E-state index < -0.39 is 0 Å². The molecule has 4 aliphatic rings. The molecule has 2 aliphatic carbocycles. The molecule has 4 rings (SSSR count). The molecule has 4 fully saturated rings. The maximum atomic E-state index is 3.38. The minimum atomic E-state index is 0.833. The van der Waals surface area contributed by atoms with Gasteiger partial charge >= 0.3 is 0 Å². The monoisotopic (exact) mass is 194 g/mol. The number of hydrogen-bond acceptors (Lipinski definition) is 2. The first-order valence-corrected chi connectivity index (χ1v) is 6.24. The largest absolute Gasteiger partial charge is 0.316 e. The minimum Gasteiger partial charge on any atom is -0.316 e. The van der Waals surface area contributed by atoms with E-state index in [0.717, 1.165) is 10.8 Å². The third kappa shape index (κ3) is 1.59. The van der Waals surface area contributed by atoms with E-state index in [-0.39, 0.29) is 0 Å². The van der Waals surface area contributed by atoms with Crippen LogP contribution in [0.3, 0.4) is 0 Å². The van der Waals surface area contributed by atoms with Crippen LogP contribution < -0.4 is 10.6 Å². The molecule has 0 radical (unpaired) electrons. The first kappa shape index (κ1) is 9.17. The van der Waals surface area contributed by atoms with Crippen molar-refractivity contribution in [3.05, 3.63) is 0 Å². The topological polar surface area (TPSA) is 24.1 Å². The summed E-state index contributed by atoms with van der Waals surface area (Å²) in [5.74, 6) is 0. The molecule has 0 amide bonds. The van der Waals surface area contributed by atoms with Crippen molar-refractivity contribution in [3.8, 4) is 0 Å². The van der Waals surface area contributed by atoms with Gasteiger partial charge in [0.2, 0.25) is 0 Å². The van der Waals surface area contributed by atoms with Crippen LogP contribution in [0, 0.1) is 10.8 Å². The standard InChI is InChI=1S/2C6H11N/c1-2-6(1)3-4-7-5-6;1-2-6(3-1)4-7-5-6/h2*7H,1-5H2. The Hall–Kier alpha value is -0.0800. The average Bonchev–Trinajstić information content (AvgIpc) is 2.54. The van der Waals surface area contributed by atoms with Crippen molar-refractivity contribution < 1.29 is 0 Å². The highest BCUT2D eigenvalue weighted by atomic mass is 15.0. The first-order valence-electron chi connectivity index (χ1n) is 6.24. The van der Waals surface area contributed by atoms with Gasteiger partial charge in [0.1, 0.15) is 0 Å². The molecule has 2 N–H and O–H groups in total. The van der Waals surface area contributed by atoms with E-state index in [0.29, 0.717) is 0 Å². The third-order valence-corrected chi connectivity index (χ3v) is 4.70. The smallest absolute Gasteiger partial charge is 0.00202 e. The van der Waals surface area contributed by atoms with Crippen molar-refractivity contribution in [2.24, 2.45) is 10.8 Å². The van der Waals surface area contributed by atoms with Gasteiger partial charge in [0.05, 0.1) is 0 Å². The molecule has 2 aliphatic heterocycles. The lowest BCUT2D eigenvalue weighted by Crippen LogP contribution is -2.57. The van der Waals surface area contributed by atoms with Gasteiger partial charge in [0, 0.05) is 19.6 Å². The number of rotatable bonds is 0. The summed E-state index contributed by atoms with van der Waals surface area (Å²) in [6.07, 6.45) is 8.94. The Labute approximate surface area is 86.8 Å². The Morgan fingerprint density at radius 3 is 1.50 bits per heavy atom. The van der Waals surface area contributed by atoms with Crippen molar-refractivity contribution in [2.75, 3.05) is 26.2 Å². The van der Waals surface area contributed by atoms with E-state index in [4.69, 9.17) is 0 Å². The number of hydrogen-bond donors (Lipinski definition) is 2. The van der Waals surface area contributed by atoms with Crippen LogP contribution >= 0.6 is 0 Å². The Balaban J connectivity index is 0.0000000914. The summed E-state index contributed by atoms with van der Waals surface area (Å²) >= 11 is 0. The van der Waals surface area contributed by atoms with Crippen LogP contribution in [0.5, 0.6) is 0 Å². The lowest BCUT2D eigenvalue weighted by Gasteiger charge is -2.49. The van der Waals surface area contributed by atoms with Crippen LogP contribution in [0.1, 0.15) is 38.5 Å². The van der Waals surface area contributed by atoms with E-state index in [1.165, 1.54) is 64.7 Å². The zero-order valence-electron chi connectivity index (χ0n) is 9.07. The van der Waals surface area contributed by atoms with E-state index in [2.05, 4.69) is 10.6 Å². The van der Waals surface area contributed by atoms with Gasteiger partial charge in [-0.1, -0.05) is 6.42 Å². The zero-order chi connectivity index (χ0) is 9.49. The van der Waals surface area contributed by atoms with Crippen LogP contribution in [0.25, 0.3) is 0 Å². The van der Waals surface area contributed by atoms with Gasteiger partial charge in [-0.2, -0.15) is 0 Å². The summed E-state index contributed by atoms with van der Waals surface area (Å²) in [6.45, 7) is 5.22. The highest BCUT2D eigenvalue weighted by Crippen LogP contribution is 2.49. The molecular weight excluding hydrogens is 172 g/mol. The molecule has 0 aromatic heterocycles. The quantitative estimate of drug-likeness (QED) is 0.611. The second kappa shape index (κ2) is 3.21. The van der Waals surface area contributed by atoms with Crippen LogP contribution in [-0.4, -0.2) is 26.2 Å². The Morgan fingerprint density at radius 1 is 0.643 bits per heavy atom. The first-order chi connectivity index (χ1) is 6.83. The Bertz CT molecular complexity index is 189. The van der Waals surface area contributed by atoms with Gasteiger partial charge in [0.15, 0.2) is 0 Å². The van der Waals surface area contributed by atoms with Gasteiger partial charge in [0.25, 0.3) is 0 Å². The molecule has 2 saturated carbocycles. The summed E-state index contributed by atoms with van der Waals surface area (Å²) in [6, 6.07) is 0. The fourth-order valence-corrected chi connectivity index (χ4v) is 2.91. The lowest BCUT2D eigenvalue weighted by molar-refractivity contribution is 0.0603. The predicted molar refractivity (Wildman–Crippen MR) is 58.3 cm³/mol. The van der Waals surface area contributed by atoms with Crippen LogP contribution in [0.4, 0.5) is 0 Å². The zero-order valence-corrected chi connectivity index (χ0v) is 9.07. The van der Waals surface area contributed by atoms with Crippen LogP contribution in [0.15, 0.2) is 0 Å². The predicted octanol–water partition coefficient (Wildman–Crippen LogP) is 1.52. The summed E-state index contributed by atoms with van der Waals surface area (Å²) in [7, 11) is 0. The van der Waals surface area contributed by atoms with Gasteiger partial charge in [-0.3, -0.25) is 0 Å². The molecule has 0 aromatic carbocycles. The normalized spacial score (nSPS) is 34.3. The molecule has 0 aromatic rings. The summed E-state index contributed by atoms with van der Waals surface area (Å²) in [5, 5.41) is 6.68. The summed E-state index contributed by atoms with van der Waals surface area (Å²) in [4.78, 5) is 0. The molecule has 0 bridgehead atoms. The second-order valence-electron chi connectivity index (χ2n) is 5.88. The van der Waals surface area contributed by atoms with E-state index in [1.54, 1.807) is 0 Å². The fourth-order valence-electron chi connectivity index (χ4n) is 2.91. The van der Waals surface area contributed by atoms with Gasteiger partial charge in [-0.15, -0.1) is 0 Å². The molecule has 2 spiro atoms. The Kier molecular flexibility index (Phi) is 2.10. The van der Waals surface area contributed by atoms with Gasteiger partial charge in [-0.05, 0) is 49.5 Å². The average molecular weight is 194 g/mol. The molecule has 80 valence electrons. The number of nitrogens with one attached hydrogen (secondary N) is 2. The molecule has 2 heterocycles. The third-order valence-electron chi connectivity index (χ3n) is 4.70. The van der Waals surface area contributed by atoms with E-state index in [1.807, 2.05) is 0 Å². The molecule has 2 saturated heterocycles. The van der Waals surface area contributed by atoms with Crippen molar-refractivity contribution in [2.45, 2.75) is 38.5 Å². The maximum absolute atomic E-state index is 3.38. The highest BCUT2D eigenvalue weighted by Gasteiger charge is 2.44. The fraction of sp³-hybridized carbons (Fsp3) is 1.00. The molecule has 0 unspecified atom stereocenters. The molecule has 2 nitrogen and oxygen atoms in total. The summed E-state index contributed by atoms with van der Waals surface area (Å²) in [5.41, 5.74) is 1.67. The maximum Gasteiger partial charge on any atom is 0.00202 e.